The van der Waals surface area contributed by atoms with Gasteiger partial charge in [-0.2, -0.15) is 0 Å². The summed E-state index contributed by atoms with van der Waals surface area (Å²) in [6, 6.07) is 6.13. The molecule has 84 valence electrons. The van der Waals surface area contributed by atoms with Crippen LogP contribution in [0.5, 0.6) is 0 Å². The van der Waals surface area contributed by atoms with Gasteiger partial charge in [0.1, 0.15) is 0 Å². The fourth-order valence-electron chi connectivity index (χ4n) is 1.57. The molecule has 4 heteroatoms. The van der Waals surface area contributed by atoms with Crippen molar-refractivity contribution in [2.75, 3.05) is 12.8 Å². The monoisotopic (exact) mass is 234 g/mol. The van der Waals surface area contributed by atoms with Crippen LogP contribution in [-0.4, -0.2) is 28.8 Å². The Balaban J connectivity index is 2.33. The van der Waals surface area contributed by atoms with E-state index in [2.05, 4.69) is 18.0 Å². The van der Waals surface area contributed by atoms with E-state index in [1.54, 1.807) is 11.9 Å². The van der Waals surface area contributed by atoms with E-state index < -0.39 is 0 Å². The number of amides is 1. The molecule has 1 heterocycles. The van der Waals surface area contributed by atoms with Gasteiger partial charge in [0.05, 0.1) is 11.4 Å². The van der Waals surface area contributed by atoms with Crippen molar-refractivity contribution in [1.82, 2.24) is 4.90 Å². The minimum absolute atomic E-state index is 0.119. The molecule has 3 nitrogen and oxygen atoms in total. The Hall–Kier alpha value is -1.29. The number of aliphatic imine (C=N–C) groups is 1. The Morgan fingerprint density at radius 2 is 2.12 bits per heavy atom. The Morgan fingerprint density at radius 1 is 1.38 bits per heavy atom. The van der Waals surface area contributed by atoms with Crippen LogP contribution in [0, 0.1) is 13.8 Å². The lowest BCUT2D eigenvalue weighted by molar-refractivity contribution is -0.123. The zero-order valence-electron chi connectivity index (χ0n) is 9.65. The van der Waals surface area contributed by atoms with Gasteiger partial charge in [0.2, 0.25) is 5.91 Å². The molecule has 1 saturated heterocycles. The largest absolute Gasteiger partial charge is 0.294 e. The number of nitrogens with zero attached hydrogens (tertiary/aromatic N) is 2. The standard InChI is InChI=1S/C12H14N2OS/c1-8-4-5-10(9(2)6-8)13-12-14(3)11(15)7-16-12/h4-6H,7H2,1-3H3. The van der Waals surface area contributed by atoms with Crippen molar-refractivity contribution in [3.05, 3.63) is 29.3 Å². The zero-order chi connectivity index (χ0) is 11.7. The van der Waals surface area contributed by atoms with Gasteiger partial charge in [0, 0.05) is 7.05 Å². The van der Waals surface area contributed by atoms with Crippen LogP contribution in [0.3, 0.4) is 0 Å². The minimum atomic E-state index is 0.119. The summed E-state index contributed by atoms with van der Waals surface area (Å²) in [5.74, 6) is 0.619. The number of hydrogen-bond acceptors (Lipinski definition) is 3. The lowest BCUT2D eigenvalue weighted by atomic mass is 10.1. The van der Waals surface area contributed by atoms with Crippen molar-refractivity contribution in [2.24, 2.45) is 4.99 Å². The predicted octanol–water partition coefficient (Wildman–Crippen LogP) is 2.50. The van der Waals surface area contributed by atoms with Crippen LogP contribution in [0.2, 0.25) is 0 Å². The molecule has 0 unspecified atom stereocenters. The van der Waals surface area contributed by atoms with Crippen LogP contribution in [0.15, 0.2) is 23.2 Å². The molecule has 1 fully saturated rings. The second-order valence-corrected chi connectivity index (χ2v) is 4.87. The molecule has 0 radical (unpaired) electrons. The zero-order valence-corrected chi connectivity index (χ0v) is 10.5. The molecule has 0 atom stereocenters. The summed E-state index contributed by atoms with van der Waals surface area (Å²) < 4.78 is 0. The van der Waals surface area contributed by atoms with Crippen molar-refractivity contribution in [1.29, 1.82) is 0 Å². The van der Waals surface area contributed by atoms with Crippen LogP contribution < -0.4 is 0 Å². The van der Waals surface area contributed by atoms with Gasteiger partial charge >= 0.3 is 0 Å². The fraction of sp³-hybridized carbons (Fsp3) is 0.333. The molecule has 1 amide bonds. The number of aryl methyl sites for hydroxylation is 2. The molecular weight excluding hydrogens is 220 g/mol. The number of carbonyl (C=O) groups excluding carboxylic acids is 1. The van der Waals surface area contributed by atoms with E-state index in [1.807, 2.05) is 19.1 Å². The Morgan fingerprint density at radius 3 is 2.69 bits per heavy atom. The smallest absolute Gasteiger partial charge is 0.238 e. The van der Waals surface area contributed by atoms with Gasteiger partial charge in [0.15, 0.2) is 5.17 Å². The number of thioether (sulfide) groups is 1. The van der Waals surface area contributed by atoms with Crippen molar-refractivity contribution in [2.45, 2.75) is 13.8 Å². The molecule has 2 rings (SSSR count). The highest BCUT2D eigenvalue weighted by Crippen LogP contribution is 2.25. The maximum absolute atomic E-state index is 11.3. The summed E-state index contributed by atoms with van der Waals surface area (Å²) >= 11 is 1.49. The molecule has 1 aromatic rings. The first-order valence-electron chi connectivity index (χ1n) is 5.13. The average molecular weight is 234 g/mol. The number of carbonyl (C=O) groups is 1. The van der Waals surface area contributed by atoms with E-state index in [4.69, 9.17) is 0 Å². The van der Waals surface area contributed by atoms with Gasteiger partial charge in [-0.15, -0.1) is 0 Å². The maximum atomic E-state index is 11.3. The molecule has 0 spiro atoms. The molecule has 1 aliphatic rings. The number of amidine groups is 1. The summed E-state index contributed by atoms with van der Waals surface area (Å²) in [4.78, 5) is 17.5. The van der Waals surface area contributed by atoms with E-state index in [0.717, 1.165) is 16.4 Å². The van der Waals surface area contributed by atoms with Crippen LogP contribution in [0.1, 0.15) is 11.1 Å². The fourth-order valence-corrected chi connectivity index (χ4v) is 2.47. The highest BCUT2D eigenvalue weighted by atomic mass is 32.2. The molecular formula is C12H14N2OS. The lowest BCUT2D eigenvalue weighted by Gasteiger charge is -2.09. The minimum Gasteiger partial charge on any atom is -0.294 e. The first-order valence-corrected chi connectivity index (χ1v) is 6.12. The topological polar surface area (TPSA) is 32.7 Å². The third-order valence-corrected chi connectivity index (χ3v) is 3.57. The van der Waals surface area contributed by atoms with Crippen molar-refractivity contribution >= 4 is 28.5 Å². The highest BCUT2D eigenvalue weighted by molar-refractivity contribution is 8.15. The molecule has 0 aliphatic carbocycles. The van der Waals surface area contributed by atoms with Crippen molar-refractivity contribution in [3.63, 3.8) is 0 Å². The highest BCUT2D eigenvalue weighted by Gasteiger charge is 2.24. The average Bonchev–Trinajstić information content (AvgIpc) is 2.54. The second kappa shape index (κ2) is 4.29. The lowest BCUT2D eigenvalue weighted by Crippen LogP contribution is -2.24. The van der Waals surface area contributed by atoms with Crippen LogP contribution in [-0.2, 0) is 4.79 Å². The third kappa shape index (κ3) is 2.11. The number of hydrogen-bond donors (Lipinski definition) is 0. The van der Waals surface area contributed by atoms with Gasteiger partial charge in [-0.1, -0.05) is 29.5 Å². The van der Waals surface area contributed by atoms with E-state index in [0.29, 0.717) is 5.75 Å². The van der Waals surface area contributed by atoms with E-state index in [1.165, 1.54) is 17.3 Å². The van der Waals surface area contributed by atoms with Gasteiger partial charge in [-0.05, 0) is 25.5 Å². The third-order valence-electron chi connectivity index (χ3n) is 2.55. The summed E-state index contributed by atoms with van der Waals surface area (Å²) in [6.07, 6.45) is 0. The molecule has 0 bridgehead atoms. The summed E-state index contributed by atoms with van der Waals surface area (Å²) in [5.41, 5.74) is 3.31. The number of rotatable bonds is 1. The van der Waals surface area contributed by atoms with Crippen LogP contribution >= 0.6 is 11.8 Å². The van der Waals surface area contributed by atoms with Gasteiger partial charge in [0.25, 0.3) is 0 Å². The predicted molar refractivity (Wildman–Crippen MR) is 68.2 cm³/mol. The van der Waals surface area contributed by atoms with Gasteiger partial charge in [-0.25, -0.2) is 4.99 Å². The Kier molecular flexibility index (Phi) is 3.01. The molecule has 0 saturated carbocycles. The van der Waals surface area contributed by atoms with E-state index >= 15 is 0 Å². The van der Waals surface area contributed by atoms with Gasteiger partial charge < -0.3 is 0 Å². The van der Waals surface area contributed by atoms with E-state index in [9.17, 15) is 4.79 Å². The molecule has 1 aliphatic heterocycles. The summed E-state index contributed by atoms with van der Waals surface area (Å²) in [5, 5.41) is 0.789. The SMILES string of the molecule is Cc1ccc(N=C2SCC(=O)N2C)c(C)c1. The summed E-state index contributed by atoms with van der Waals surface area (Å²) in [7, 11) is 1.77. The quantitative estimate of drug-likeness (QED) is 0.748. The molecule has 0 aromatic heterocycles. The Bertz CT molecular complexity index is 468. The molecule has 16 heavy (non-hydrogen) atoms. The second-order valence-electron chi connectivity index (χ2n) is 3.93. The Labute approximate surface area is 99.6 Å². The molecule has 1 aromatic carbocycles. The van der Waals surface area contributed by atoms with Crippen molar-refractivity contribution < 1.29 is 4.79 Å². The normalized spacial score (nSPS) is 18.6. The number of benzene rings is 1. The van der Waals surface area contributed by atoms with E-state index in [-0.39, 0.29) is 5.91 Å². The first kappa shape index (κ1) is 11.2. The summed E-state index contributed by atoms with van der Waals surface area (Å²) in [6.45, 7) is 4.09. The van der Waals surface area contributed by atoms with Crippen molar-refractivity contribution in [3.8, 4) is 0 Å². The maximum Gasteiger partial charge on any atom is 0.238 e. The first-order chi connectivity index (χ1) is 7.58. The molecule has 0 N–H and O–H groups in total. The van der Waals surface area contributed by atoms with Crippen LogP contribution in [0.25, 0.3) is 0 Å². The van der Waals surface area contributed by atoms with Gasteiger partial charge in [-0.3, -0.25) is 9.69 Å². The van der Waals surface area contributed by atoms with Crippen LogP contribution in [0.4, 0.5) is 5.69 Å².